The third kappa shape index (κ3) is 7.23. The zero-order chi connectivity index (χ0) is 30.9. The van der Waals surface area contributed by atoms with Crippen molar-refractivity contribution in [3.63, 3.8) is 0 Å². The molecule has 1 aliphatic carbocycles. The standard InChI is InChI=1S/C31H30ClN5O4S2/c1-17-13-26(38)36-30(34-17)43-24-12-10-22(37(40)41)14-18(24)16-33-29-27(28(39)35-21-8-6-20(32)7-9-21)23-11-5-19(31(2,3)4)15-25(23)42-29/h6-10,12-14,16,19H,5,11,15H2,1-4H3,(H,35,39)(H,34,36,38)/t19-/m1/s1. The smallest absolute Gasteiger partial charge is 0.270 e. The van der Waals surface area contributed by atoms with Crippen molar-refractivity contribution >= 4 is 63.2 Å². The van der Waals surface area contributed by atoms with Crippen molar-refractivity contribution in [3.05, 3.63) is 101 Å². The summed E-state index contributed by atoms with van der Waals surface area (Å²) in [4.78, 5) is 50.4. The number of benzene rings is 2. The highest BCUT2D eigenvalue weighted by Crippen LogP contribution is 2.45. The Morgan fingerprint density at radius 3 is 2.65 bits per heavy atom. The third-order valence-corrected chi connectivity index (χ3v) is 9.77. The molecule has 0 unspecified atom stereocenters. The minimum absolute atomic E-state index is 0.101. The van der Waals surface area contributed by atoms with Crippen LogP contribution < -0.4 is 10.9 Å². The molecule has 9 nitrogen and oxygen atoms in total. The molecule has 0 saturated carbocycles. The van der Waals surface area contributed by atoms with Crippen molar-refractivity contribution in [1.82, 2.24) is 9.97 Å². The fourth-order valence-electron chi connectivity index (χ4n) is 5.04. The Morgan fingerprint density at radius 1 is 1.23 bits per heavy atom. The average molecular weight is 636 g/mol. The molecular weight excluding hydrogens is 606 g/mol. The molecule has 12 heteroatoms. The molecule has 0 radical (unpaired) electrons. The molecule has 5 rings (SSSR count). The SMILES string of the molecule is Cc1cc(=O)[nH]c(Sc2ccc([N+](=O)[O-])cc2C=Nc2sc3c(c2C(=O)Nc2ccc(Cl)cc2)CC[C@@H](C(C)(C)C)C3)n1. The summed E-state index contributed by atoms with van der Waals surface area (Å²) in [6.45, 7) is 8.43. The number of carbonyl (C=O) groups is 1. The maximum atomic E-state index is 13.7. The van der Waals surface area contributed by atoms with Gasteiger partial charge < -0.3 is 10.3 Å². The lowest BCUT2D eigenvalue weighted by atomic mass is 9.72. The monoisotopic (exact) mass is 635 g/mol. The molecule has 0 fully saturated rings. The van der Waals surface area contributed by atoms with Gasteiger partial charge in [-0.2, -0.15) is 0 Å². The molecule has 2 N–H and O–H groups in total. The summed E-state index contributed by atoms with van der Waals surface area (Å²) < 4.78 is 0. The molecule has 0 spiro atoms. The number of hydrogen-bond acceptors (Lipinski definition) is 8. The zero-order valence-corrected chi connectivity index (χ0v) is 26.5. The molecular formula is C31H30ClN5O4S2. The number of thiophene rings is 1. The Bertz CT molecular complexity index is 1790. The van der Waals surface area contributed by atoms with E-state index >= 15 is 0 Å². The van der Waals surface area contributed by atoms with E-state index in [4.69, 9.17) is 16.6 Å². The van der Waals surface area contributed by atoms with Crippen molar-refractivity contribution in [2.24, 2.45) is 16.3 Å². The summed E-state index contributed by atoms with van der Waals surface area (Å²) in [5.41, 5.74) is 2.88. The van der Waals surface area contributed by atoms with E-state index in [1.54, 1.807) is 43.5 Å². The summed E-state index contributed by atoms with van der Waals surface area (Å²) in [6.07, 6.45) is 4.12. The van der Waals surface area contributed by atoms with Crippen molar-refractivity contribution < 1.29 is 9.72 Å². The molecule has 1 amide bonds. The van der Waals surface area contributed by atoms with Crippen LogP contribution in [-0.2, 0) is 12.8 Å². The number of rotatable bonds is 7. The Labute approximate surface area is 262 Å². The van der Waals surface area contributed by atoms with Gasteiger partial charge in [-0.1, -0.05) is 44.1 Å². The van der Waals surface area contributed by atoms with Crippen LogP contribution in [0.3, 0.4) is 0 Å². The Hall–Kier alpha value is -3.80. The number of nitrogens with zero attached hydrogens (tertiary/aromatic N) is 3. The number of aryl methyl sites for hydroxylation is 1. The number of carbonyl (C=O) groups excluding carboxylic acids is 1. The second kappa shape index (κ2) is 12.4. The number of nitrogens with one attached hydrogen (secondary N) is 2. The number of aromatic nitrogens is 2. The second-order valence-corrected chi connectivity index (χ2v) is 14.0. The maximum Gasteiger partial charge on any atom is 0.270 e. The molecule has 43 heavy (non-hydrogen) atoms. The van der Waals surface area contributed by atoms with E-state index in [0.29, 0.717) is 48.5 Å². The van der Waals surface area contributed by atoms with Crippen LogP contribution in [0.1, 0.15) is 59.2 Å². The molecule has 4 aromatic rings. The van der Waals surface area contributed by atoms with Gasteiger partial charge in [-0.3, -0.25) is 19.7 Å². The molecule has 0 saturated heterocycles. The van der Waals surface area contributed by atoms with Crippen molar-refractivity contribution in [2.45, 2.75) is 57.0 Å². The molecule has 222 valence electrons. The highest BCUT2D eigenvalue weighted by Gasteiger charge is 2.33. The minimum atomic E-state index is -0.472. The van der Waals surface area contributed by atoms with Crippen molar-refractivity contribution in [1.29, 1.82) is 0 Å². The first-order valence-corrected chi connectivity index (χ1v) is 15.7. The summed E-state index contributed by atoms with van der Waals surface area (Å²) in [5.74, 6) is 0.197. The van der Waals surface area contributed by atoms with Crippen molar-refractivity contribution in [3.8, 4) is 0 Å². The lowest BCUT2D eigenvalue weighted by Gasteiger charge is -2.33. The van der Waals surface area contributed by atoms with Gasteiger partial charge in [0.1, 0.15) is 5.00 Å². The van der Waals surface area contributed by atoms with Gasteiger partial charge in [0, 0.05) is 56.2 Å². The van der Waals surface area contributed by atoms with E-state index in [2.05, 4.69) is 36.1 Å². The van der Waals surface area contributed by atoms with E-state index < -0.39 is 4.92 Å². The molecule has 2 heterocycles. The van der Waals surface area contributed by atoms with Gasteiger partial charge in [-0.25, -0.2) is 9.98 Å². The number of non-ortho nitro benzene ring substituents is 1. The normalized spacial score (nSPS) is 15.0. The highest BCUT2D eigenvalue weighted by molar-refractivity contribution is 7.99. The number of anilines is 1. The van der Waals surface area contributed by atoms with Crippen LogP contribution in [0.4, 0.5) is 16.4 Å². The largest absolute Gasteiger partial charge is 0.322 e. The number of aromatic amines is 1. The Balaban J connectivity index is 1.55. The van der Waals surface area contributed by atoms with Crippen LogP contribution in [0, 0.1) is 28.4 Å². The van der Waals surface area contributed by atoms with Gasteiger partial charge in [0.25, 0.3) is 17.2 Å². The van der Waals surface area contributed by atoms with Gasteiger partial charge in [0.05, 0.1) is 10.5 Å². The molecule has 1 aliphatic rings. The summed E-state index contributed by atoms with van der Waals surface area (Å²) in [5, 5.41) is 16.0. The van der Waals surface area contributed by atoms with Crippen LogP contribution in [-0.4, -0.2) is 27.0 Å². The van der Waals surface area contributed by atoms with Gasteiger partial charge in [0.15, 0.2) is 5.16 Å². The highest BCUT2D eigenvalue weighted by atomic mass is 35.5. The second-order valence-electron chi connectivity index (χ2n) is 11.5. The van der Waals surface area contributed by atoms with E-state index in [9.17, 15) is 19.7 Å². The molecule has 2 aromatic carbocycles. The minimum Gasteiger partial charge on any atom is -0.322 e. The zero-order valence-electron chi connectivity index (χ0n) is 24.1. The van der Waals surface area contributed by atoms with Crippen LogP contribution >= 0.6 is 34.7 Å². The predicted molar refractivity (Wildman–Crippen MR) is 173 cm³/mol. The number of halogens is 1. The van der Waals surface area contributed by atoms with Gasteiger partial charge >= 0.3 is 0 Å². The number of H-pyrrole nitrogens is 1. The number of amides is 1. The Kier molecular flexibility index (Phi) is 8.86. The lowest BCUT2D eigenvalue weighted by molar-refractivity contribution is -0.384. The first-order chi connectivity index (χ1) is 20.4. The summed E-state index contributed by atoms with van der Waals surface area (Å²) in [6, 6.07) is 12.7. The maximum absolute atomic E-state index is 13.7. The van der Waals surface area contributed by atoms with E-state index in [1.807, 2.05) is 0 Å². The van der Waals surface area contributed by atoms with Gasteiger partial charge in [-0.05, 0) is 73.4 Å². The quantitative estimate of drug-likeness (QED) is 0.0915. The fraction of sp³-hybridized carbons (Fsp3) is 0.290. The van der Waals surface area contributed by atoms with Crippen LogP contribution in [0.2, 0.25) is 5.02 Å². The number of nitro benzene ring substituents is 1. The number of hydrogen-bond donors (Lipinski definition) is 2. The van der Waals surface area contributed by atoms with E-state index in [1.165, 1.54) is 41.3 Å². The molecule has 1 atom stereocenters. The topological polar surface area (TPSA) is 130 Å². The lowest BCUT2D eigenvalue weighted by Crippen LogP contribution is -2.27. The number of aliphatic imine (C=N–C) groups is 1. The van der Waals surface area contributed by atoms with Gasteiger partial charge in [0.2, 0.25) is 0 Å². The van der Waals surface area contributed by atoms with Crippen LogP contribution in [0.25, 0.3) is 0 Å². The van der Waals surface area contributed by atoms with E-state index in [-0.39, 0.29) is 22.6 Å². The molecule has 2 aromatic heterocycles. The number of fused-ring (bicyclic) bond motifs is 1. The summed E-state index contributed by atoms with van der Waals surface area (Å²) >= 11 is 8.69. The van der Waals surface area contributed by atoms with Gasteiger partial charge in [-0.15, -0.1) is 11.3 Å². The average Bonchev–Trinajstić information content (AvgIpc) is 3.30. The number of nitro groups is 1. The Morgan fingerprint density at radius 2 is 1.98 bits per heavy atom. The van der Waals surface area contributed by atoms with E-state index in [0.717, 1.165) is 29.7 Å². The fourth-order valence-corrected chi connectivity index (χ4v) is 7.35. The molecule has 0 aliphatic heterocycles. The van der Waals surface area contributed by atoms with Crippen LogP contribution in [0.15, 0.2) is 68.4 Å². The molecule has 0 bridgehead atoms. The summed E-state index contributed by atoms with van der Waals surface area (Å²) in [7, 11) is 0. The van der Waals surface area contributed by atoms with Crippen LogP contribution in [0.5, 0.6) is 0 Å². The predicted octanol–water partition coefficient (Wildman–Crippen LogP) is 8.01. The first-order valence-electron chi connectivity index (χ1n) is 13.7. The third-order valence-electron chi connectivity index (χ3n) is 7.38. The first kappa shape index (κ1) is 30.7. The van der Waals surface area contributed by atoms with Crippen molar-refractivity contribution in [2.75, 3.05) is 5.32 Å².